The van der Waals surface area contributed by atoms with E-state index in [1.54, 1.807) is 4.68 Å². The normalized spacial score (nSPS) is 10.5. The van der Waals surface area contributed by atoms with Crippen LogP contribution in [0.1, 0.15) is 27.7 Å². The van der Waals surface area contributed by atoms with Gasteiger partial charge in [0.2, 0.25) is 11.7 Å². The van der Waals surface area contributed by atoms with Crippen molar-refractivity contribution in [1.29, 1.82) is 0 Å². The Morgan fingerprint density at radius 1 is 1.40 bits per heavy atom. The number of hydrogen-bond donors (Lipinski definition) is 2. The first-order valence-electron chi connectivity index (χ1n) is 6.05. The van der Waals surface area contributed by atoms with E-state index in [0.717, 1.165) is 11.4 Å². The number of carboxylic acids is 1. The van der Waals surface area contributed by atoms with E-state index in [9.17, 15) is 9.59 Å². The van der Waals surface area contributed by atoms with E-state index in [1.807, 2.05) is 19.9 Å². The highest BCUT2D eigenvalue weighted by molar-refractivity contribution is 5.84. The predicted molar refractivity (Wildman–Crippen MR) is 69.2 cm³/mol. The fourth-order valence-electron chi connectivity index (χ4n) is 1.80. The molecule has 0 fully saturated rings. The Labute approximate surface area is 115 Å². The summed E-state index contributed by atoms with van der Waals surface area (Å²) in [7, 11) is 0. The molecule has 2 rings (SSSR count). The van der Waals surface area contributed by atoms with Gasteiger partial charge in [0, 0.05) is 5.69 Å². The van der Waals surface area contributed by atoms with Crippen molar-refractivity contribution in [1.82, 2.24) is 15.1 Å². The smallest absolute Gasteiger partial charge is 0.371 e. The SMILES string of the molecule is Cc1cc(C)n(CC(=O)NCc2ccc(C(=O)O)o2)n1. The number of aromatic carboxylic acids is 1. The summed E-state index contributed by atoms with van der Waals surface area (Å²) in [4.78, 5) is 22.4. The summed E-state index contributed by atoms with van der Waals surface area (Å²) in [6.07, 6.45) is 0. The van der Waals surface area contributed by atoms with Crippen molar-refractivity contribution in [3.05, 3.63) is 41.1 Å². The van der Waals surface area contributed by atoms with Crippen LogP contribution in [0.25, 0.3) is 0 Å². The summed E-state index contributed by atoms with van der Waals surface area (Å²) in [6, 6.07) is 4.76. The Balaban J connectivity index is 1.88. The van der Waals surface area contributed by atoms with Crippen LogP contribution in [0.15, 0.2) is 22.6 Å². The lowest BCUT2D eigenvalue weighted by atomic mass is 10.4. The zero-order chi connectivity index (χ0) is 14.7. The number of carbonyl (C=O) groups is 2. The molecule has 0 aliphatic heterocycles. The minimum absolute atomic E-state index is 0.117. The van der Waals surface area contributed by atoms with E-state index in [2.05, 4.69) is 10.4 Å². The van der Waals surface area contributed by atoms with Gasteiger partial charge >= 0.3 is 5.97 Å². The molecular weight excluding hydrogens is 262 g/mol. The van der Waals surface area contributed by atoms with Gasteiger partial charge < -0.3 is 14.8 Å². The van der Waals surface area contributed by atoms with Crippen LogP contribution in [0.5, 0.6) is 0 Å². The number of amides is 1. The van der Waals surface area contributed by atoms with E-state index in [4.69, 9.17) is 9.52 Å². The van der Waals surface area contributed by atoms with E-state index < -0.39 is 5.97 Å². The van der Waals surface area contributed by atoms with Crippen LogP contribution in [0.3, 0.4) is 0 Å². The molecule has 20 heavy (non-hydrogen) atoms. The van der Waals surface area contributed by atoms with Crippen molar-refractivity contribution in [2.24, 2.45) is 0 Å². The Morgan fingerprint density at radius 2 is 2.15 bits per heavy atom. The molecule has 0 saturated heterocycles. The number of aryl methyl sites for hydroxylation is 2. The monoisotopic (exact) mass is 277 g/mol. The minimum Gasteiger partial charge on any atom is -0.475 e. The second-order valence-electron chi connectivity index (χ2n) is 4.43. The molecule has 7 heteroatoms. The van der Waals surface area contributed by atoms with Gasteiger partial charge in [-0.15, -0.1) is 0 Å². The molecule has 2 heterocycles. The lowest BCUT2D eigenvalue weighted by molar-refractivity contribution is -0.122. The maximum atomic E-state index is 11.8. The lowest BCUT2D eigenvalue weighted by Gasteiger charge is -2.05. The minimum atomic E-state index is -1.13. The quantitative estimate of drug-likeness (QED) is 0.853. The molecule has 0 radical (unpaired) electrons. The maximum absolute atomic E-state index is 11.8. The number of furan rings is 1. The van der Waals surface area contributed by atoms with Crippen LogP contribution in [0.2, 0.25) is 0 Å². The average Bonchev–Trinajstić information content (AvgIpc) is 2.94. The van der Waals surface area contributed by atoms with Gasteiger partial charge in [0.05, 0.1) is 12.2 Å². The second kappa shape index (κ2) is 5.60. The molecule has 7 nitrogen and oxygen atoms in total. The van der Waals surface area contributed by atoms with Gasteiger partial charge in [-0.25, -0.2) is 4.79 Å². The van der Waals surface area contributed by atoms with Gasteiger partial charge in [-0.2, -0.15) is 5.10 Å². The maximum Gasteiger partial charge on any atom is 0.371 e. The van der Waals surface area contributed by atoms with Gasteiger partial charge in [-0.05, 0) is 32.0 Å². The highest BCUT2D eigenvalue weighted by atomic mass is 16.4. The molecule has 106 valence electrons. The average molecular weight is 277 g/mol. The summed E-state index contributed by atoms with van der Waals surface area (Å²) in [5.74, 6) is -1.10. The van der Waals surface area contributed by atoms with Crippen LogP contribution >= 0.6 is 0 Å². The molecule has 0 unspecified atom stereocenters. The number of carbonyl (C=O) groups excluding carboxylic acids is 1. The Hall–Kier alpha value is -2.57. The van der Waals surface area contributed by atoms with Crippen molar-refractivity contribution in [3.63, 3.8) is 0 Å². The molecule has 0 spiro atoms. The fraction of sp³-hybridized carbons (Fsp3) is 0.308. The van der Waals surface area contributed by atoms with E-state index in [-0.39, 0.29) is 24.8 Å². The predicted octanol–water partition coefficient (Wildman–Crippen LogP) is 1.11. The summed E-state index contributed by atoms with van der Waals surface area (Å²) >= 11 is 0. The van der Waals surface area contributed by atoms with Crippen molar-refractivity contribution in [3.8, 4) is 0 Å². The molecule has 0 saturated carbocycles. The van der Waals surface area contributed by atoms with Gasteiger partial charge in [0.25, 0.3) is 0 Å². The first-order chi connectivity index (χ1) is 9.45. The first kappa shape index (κ1) is 13.9. The number of carboxylic acid groups (broad SMARTS) is 1. The Kier molecular flexibility index (Phi) is 3.88. The second-order valence-corrected chi connectivity index (χ2v) is 4.43. The Bertz CT molecular complexity index is 642. The van der Waals surface area contributed by atoms with Crippen LogP contribution < -0.4 is 5.32 Å². The van der Waals surface area contributed by atoms with Crippen molar-refractivity contribution in [2.75, 3.05) is 0 Å². The fourth-order valence-corrected chi connectivity index (χ4v) is 1.80. The van der Waals surface area contributed by atoms with Crippen LogP contribution in [-0.4, -0.2) is 26.8 Å². The topological polar surface area (TPSA) is 97.4 Å². The van der Waals surface area contributed by atoms with Gasteiger partial charge in [0.1, 0.15) is 12.3 Å². The molecule has 2 aromatic rings. The largest absolute Gasteiger partial charge is 0.475 e. The molecule has 0 atom stereocenters. The van der Waals surface area contributed by atoms with Crippen molar-refractivity contribution < 1.29 is 19.1 Å². The van der Waals surface area contributed by atoms with Crippen LogP contribution in [-0.2, 0) is 17.9 Å². The molecule has 0 aliphatic rings. The summed E-state index contributed by atoms with van der Waals surface area (Å²) in [5.41, 5.74) is 1.76. The third kappa shape index (κ3) is 3.25. The highest BCUT2D eigenvalue weighted by Crippen LogP contribution is 2.07. The number of nitrogens with one attached hydrogen (secondary N) is 1. The summed E-state index contributed by atoms with van der Waals surface area (Å²) in [5, 5.41) is 15.5. The van der Waals surface area contributed by atoms with Crippen LogP contribution in [0, 0.1) is 13.8 Å². The summed E-state index contributed by atoms with van der Waals surface area (Å²) < 4.78 is 6.64. The molecule has 0 aromatic carbocycles. The molecule has 2 aromatic heterocycles. The molecule has 0 bridgehead atoms. The van der Waals surface area contributed by atoms with Crippen molar-refractivity contribution >= 4 is 11.9 Å². The Morgan fingerprint density at radius 3 is 2.70 bits per heavy atom. The number of aromatic nitrogens is 2. The molecular formula is C13H15N3O4. The van der Waals surface area contributed by atoms with E-state index >= 15 is 0 Å². The van der Waals surface area contributed by atoms with E-state index in [1.165, 1.54) is 12.1 Å². The number of nitrogens with zero attached hydrogens (tertiary/aromatic N) is 2. The summed E-state index contributed by atoms with van der Waals surface area (Å²) in [6.45, 7) is 3.99. The zero-order valence-electron chi connectivity index (χ0n) is 11.2. The third-order valence-electron chi connectivity index (χ3n) is 2.73. The molecule has 2 N–H and O–H groups in total. The highest BCUT2D eigenvalue weighted by Gasteiger charge is 2.11. The first-order valence-corrected chi connectivity index (χ1v) is 6.05. The van der Waals surface area contributed by atoms with Crippen molar-refractivity contribution in [2.45, 2.75) is 26.9 Å². The number of hydrogen-bond acceptors (Lipinski definition) is 4. The van der Waals surface area contributed by atoms with Gasteiger partial charge in [-0.1, -0.05) is 0 Å². The van der Waals surface area contributed by atoms with E-state index in [0.29, 0.717) is 5.76 Å². The number of rotatable bonds is 5. The molecule has 0 aliphatic carbocycles. The zero-order valence-corrected chi connectivity index (χ0v) is 11.2. The standard InChI is InChI=1S/C13H15N3O4/c1-8-5-9(2)16(15-8)7-12(17)14-6-10-3-4-11(20-10)13(18)19/h3-5H,6-7H2,1-2H3,(H,14,17)(H,18,19). The van der Waals surface area contributed by atoms with Gasteiger partial charge in [-0.3, -0.25) is 9.48 Å². The van der Waals surface area contributed by atoms with Crippen LogP contribution in [0.4, 0.5) is 0 Å². The molecule has 1 amide bonds. The lowest BCUT2D eigenvalue weighted by Crippen LogP contribution is -2.27. The van der Waals surface area contributed by atoms with Gasteiger partial charge in [0.15, 0.2) is 0 Å². The third-order valence-corrected chi connectivity index (χ3v) is 2.73.